The molecule has 3 heteroatoms. The second kappa shape index (κ2) is 3.97. The summed E-state index contributed by atoms with van der Waals surface area (Å²) < 4.78 is 0. The van der Waals surface area contributed by atoms with E-state index in [4.69, 9.17) is 11.6 Å². The molecule has 0 aromatic heterocycles. The first kappa shape index (κ1) is 11.3. The average Bonchev–Trinajstić information content (AvgIpc) is 2.35. The Hall–Kier alpha value is -0.240. The summed E-state index contributed by atoms with van der Waals surface area (Å²) in [6, 6.07) is 0. The summed E-state index contributed by atoms with van der Waals surface area (Å²) in [5, 5.41) is 0.114. The fourth-order valence-electron chi connectivity index (χ4n) is 2.55. The molecule has 1 aliphatic carbocycles. The van der Waals surface area contributed by atoms with Gasteiger partial charge in [-0.2, -0.15) is 0 Å². The summed E-state index contributed by atoms with van der Waals surface area (Å²) in [6.07, 6.45) is 5.46. The number of carbonyl (C=O) groups excluding carboxylic acids is 1. The van der Waals surface area contributed by atoms with Gasteiger partial charge in [-0.25, -0.2) is 0 Å². The van der Waals surface area contributed by atoms with Gasteiger partial charge >= 0.3 is 0 Å². The number of halogens is 1. The van der Waals surface area contributed by atoms with Crippen LogP contribution in [0.15, 0.2) is 0 Å². The van der Waals surface area contributed by atoms with Gasteiger partial charge in [0.1, 0.15) is 0 Å². The summed E-state index contributed by atoms with van der Waals surface area (Å²) >= 11 is 6.23. The molecule has 1 saturated carbocycles. The van der Waals surface area contributed by atoms with Crippen LogP contribution >= 0.6 is 11.6 Å². The maximum Gasteiger partial charge on any atom is 0.223 e. The molecule has 1 aliphatic heterocycles. The first-order valence-corrected chi connectivity index (χ1v) is 6.40. The van der Waals surface area contributed by atoms with Gasteiger partial charge in [0.15, 0.2) is 0 Å². The Morgan fingerprint density at radius 1 is 1.40 bits per heavy atom. The first-order chi connectivity index (χ1) is 7.01. The molecule has 2 aliphatic rings. The third-order valence-electron chi connectivity index (χ3n) is 4.06. The molecule has 1 saturated heterocycles. The second-order valence-corrected chi connectivity index (χ2v) is 5.98. The zero-order valence-electron chi connectivity index (χ0n) is 9.63. The molecular weight excluding hydrogens is 210 g/mol. The van der Waals surface area contributed by atoms with Crippen molar-refractivity contribution in [2.75, 3.05) is 6.54 Å². The molecular formula is C12H20ClNO. The van der Waals surface area contributed by atoms with E-state index in [0.717, 1.165) is 19.4 Å². The van der Waals surface area contributed by atoms with E-state index in [0.29, 0.717) is 11.8 Å². The standard InChI is InChI=1S/C12H20ClNO/c1-12(2)10(13)6-7-14(12)11(15)8-9-4-3-5-9/h9-10H,3-8H2,1-2H3. The van der Waals surface area contributed by atoms with Crippen molar-refractivity contribution in [2.45, 2.75) is 56.9 Å². The normalized spacial score (nSPS) is 30.3. The van der Waals surface area contributed by atoms with Crippen LogP contribution in [0.25, 0.3) is 0 Å². The highest BCUT2D eigenvalue weighted by atomic mass is 35.5. The SMILES string of the molecule is CC1(C)C(Cl)CCN1C(=O)CC1CCC1. The van der Waals surface area contributed by atoms with Crippen LogP contribution in [-0.2, 0) is 4.79 Å². The maximum atomic E-state index is 12.1. The van der Waals surface area contributed by atoms with Crippen molar-refractivity contribution in [1.29, 1.82) is 0 Å². The van der Waals surface area contributed by atoms with Crippen LogP contribution < -0.4 is 0 Å². The van der Waals surface area contributed by atoms with Gasteiger partial charge in [0.25, 0.3) is 0 Å². The zero-order chi connectivity index (χ0) is 11.1. The van der Waals surface area contributed by atoms with E-state index < -0.39 is 0 Å². The zero-order valence-corrected chi connectivity index (χ0v) is 10.4. The molecule has 15 heavy (non-hydrogen) atoms. The van der Waals surface area contributed by atoms with Crippen molar-refractivity contribution in [3.63, 3.8) is 0 Å². The molecule has 2 fully saturated rings. The lowest BCUT2D eigenvalue weighted by atomic mass is 9.82. The van der Waals surface area contributed by atoms with Crippen LogP contribution in [0.2, 0.25) is 0 Å². The third kappa shape index (κ3) is 2.01. The van der Waals surface area contributed by atoms with Gasteiger partial charge in [0.2, 0.25) is 5.91 Å². The topological polar surface area (TPSA) is 20.3 Å². The van der Waals surface area contributed by atoms with Crippen molar-refractivity contribution in [3.8, 4) is 0 Å². The van der Waals surface area contributed by atoms with Crippen molar-refractivity contribution < 1.29 is 4.79 Å². The Morgan fingerprint density at radius 2 is 2.07 bits per heavy atom. The highest BCUT2D eigenvalue weighted by Gasteiger charge is 2.43. The maximum absolute atomic E-state index is 12.1. The number of alkyl halides is 1. The van der Waals surface area contributed by atoms with Crippen LogP contribution in [0.4, 0.5) is 0 Å². The summed E-state index contributed by atoms with van der Waals surface area (Å²) in [5.41, 5.74) is -0.150. The number of carbonyl (C=O) groups is 1. The van der Waals surface area contributed by atoms with Crippen LogP contribution in [0, 0.1) is 5.92 Å². The minimum Gasteiger partial charge on any atom is -0.336 e. The molecule has 0 radical (unpaired) electrons. The van der Waals surface area contributed by atoms with Crippen LogP contribution in [0.3, 0.4) is 0 Å². The molecule has 2 rings (SSSR count). The van der Waals surface area contributed by atoms with Gasteiger partial charge in [-0.15, -0.1) is 11.6 Å². The third-order valence-corrected chi connectivity index (χ3v) is 4.81. The summed E-state index contributed by atoms with van der Waals surface area (Å²) in [6.45, 7) is 5.00. The van der Waals surface area contributed by atoms with Gasteiger partial charge < -0.3 is 4.90 Å². The molecule has 0 aromatic carbocycles. The molecule has 1 heterocycles. The summed E-state index contributed by atoms with van der Waals surface area (Å²) in [5.74, 6) is 0.968. The number of hydrogen-bond acceptors (Lipinski definition) is 1. The quantitative estimate of drug-likeness (QED) is 0.667. The minimum atomic E-state index is -0.150. The van der Waals surface area contributed by atoms with Crippen molar-refractivity contribution in [3.05, 3.63) is 0 Å². The Kier molecular flexibility index (Phi) is 2.98. The van der Waals surface area contributed by atoms with Gasteiger partial charge in [-0.3, -0.25) is 4.79 Å². The second-order valence-electron chi connectivity index (χ2n) is 5.46. The van der Waals surface area contributed by atoms with Crippen LogP contribution in [0.5, 0.6) is 0 Å². The van der Waals surface area contributed by atoms with Crippen LogP contribution in [-0.4, -0.2) is 28.3 Å². The van der Waals surface area contributed by atoms with E-state index in [-0.39, 0.29) is 10.9 Å². The van der Waals surface area contributed by atoms with E-state index in [1.165, 1.54) is 19.3 Å². The molecule has 86 valence electrons. The highest BCUT2D eigenvalue weighted by Crippen LogP contribution is 2.36. The Balaban J connectivity index is 1.94. The number of likely N-dealkylation sites (tertiary alicyclic amines) is 1. The molecule has 0 N–H and O–H groups in total. The fraction of sp³-hybridized carbons (Fsp3) is 0.917. The smallest absolute Gasteiger partial charge is 0.223 e. The lowest BCUT2D eigenvalue weighted by Gasteiger charge is -2.36. The van der Waals surface area contributed by atoms with Crippen molar-refractivity contribution in [1.82, 2.24) is 4.90 Å². The predicted molar refractivity (Wildman–Crippen MR) is 62.0 cm³/mol. The molecule has 1 amide bonds. The number of amides is 1. The Morgan fingerprint density at radius 3 is 2.47 bits per heavy atom. The van der Waals surface area contributed by atoms with Gasteiger partial charge in [-0.05, 0) is 39.0 Å². The molecule has 0 bridgehead atoms. The monoisotopic (exact) mass is 229 g/mol. The fourth-order valence-corrected chi connectivity index (χ4v) is 2.77. The average molecular weight is 230 g/mol. The lowest BCUT2D eigenvalue weighted by molar-refractivity contribution is -0.135. The van der Waals surface area contributed by atoms with Crippen molar-refractivity contribution in [2.24, 2.45) is 5.92 Å². The van der Waals surface area contributed by atoms with E-state index in [1.807, 2.05) is 4.90 Å². The number of nitrogens with zero attached hydrogens (tertiary/aromatic N) is 1. The van der Waals surface area contributed by atoms with Gasteiger partial charge in [0, 0.05) is 13.0 Å². The van der Waals surface area contributed by atoms with Crippen LogP contribution in [0.1, 0.15) is 46.0 Å². The minimum absolute atomic E-state index is 0.114. The molecule has 1 atom stereocenters. The number of hydrogen-bond donors (Lipinski definition) is 0. The van der Waals surface area contributed by atoms with Gasteiger partial charge in [-0.1, -0.05) is 6.42 Å². The molecule has 0 spiro atoms. The molecule has 1 unspecified atom stereocenters. The summed E-state index contributed by atoms with van der Waals surface area (Å²) in [4.78, 5) is 14.1. The van der Waals surface area contributed by atoms with E-state index in [9.17, 15) is 4.79 Å². The van der Waals surface area contributed by atoms with E-state index in [1.54, 1.807) is 0 Å². The molecule has 0 aromatic rings. The largest absolute Gasteiger partial charge is 0.336 e. The number of rotatable bonds is 2. The first-order valence-electron chi connectivity index (χ1n) is 5.96. The lowest BCUT2D eigenvalue weighted by Crippen LogP contribution is -2.47. The van der Waals surface area contributed by atoms with Gasteiger partial charge in [0.05, 0.1) is 10.9 Å². The van der Waals surface area contributed by atoms with Crippen molar-refractivity contribution >= 4 is 17.5 Å². The van der Waals surface area contributed by atoms with E-state index in [2.05, 4.69) is 13.8 Å². The Bertz CT molecular complexity index is 260. The highest BCUT2D eigenvalue weighted by molar-refractivity contribution is 6.21. The predicted octanol–water partition coefficient (Wildman–Crippen LogP) is 2.79. The van der Waals surface area contributed by atoms with E-state index >= 15 is 0 Å². The summed E-state index contributed by atoms with van der Waals surface area (Å²) in [7, 11) is 0. The Labute approximate surface area is 97.0 Å². The molecule has 2 nitrogen and oxygen atoms in total.